The van der Waals surface area contributed by atoms with Gasteiger partial charge in [0.1, 0.15) is 5.76 Å². The smallest absolute Gasteiger partial charge is 0.243 e. The quantitative estimate of drug-likeness (QED) is 0.562. The van der Waals surface area contributed by atoms with E-state index in [-0.39, 0.29) is 6.04 Å². The first-order valence-electron chi connectivity index (χ1n) is 9.79. The van der Waals surface area contributed by atoms with Crippen LogP contribution in [-0.4, -0.2) is 32.9 Å². The second-order valence-electron chi connectivity index (χ2n) is 6.85. The van der Waals surface area contributed by atoms with Crippen LogP contribution in [0.5, 0.6) is 5.75 Å². The average Bonchev–Trinajstić information content (AvgIpc) is 3.16. The van der Waals surface area contributed by atoms with Crippen molar-refractivity contribution in [2.45, 2.75) is 38.3 Å². The van der Waals surface area contributed by atoms with Crippen LogP contribution in [0.3, 0.4) is 0 Å². The van der Waals surface area contributed by atoms with Gasteiger partial charge in [0.05, 0.1) is 18.6 Å². The number of furan rings is 1. The topological polar surface area (TPSA) is 71.8 Å². The minimum atomic E-state index is -3.43. The van der Waals surface area contributed by atoms with Gasteiger partial charge in [-0.15, -0.1) is 0 Å². The molecule has 6 nitrogen and oxygen atoms in total. The summed E-state index contributed by atoms with van der Waals surface area (Å²) in [6.07, 6.45) is 0. The van der Waals surface area contributed by atoms with Crippen molar-refractivity contribution in [3.63, 3.8) is 0 Å². The van der Waals surface area contributed by atoms with Crippen LogP contribution in [0, 0.1) is 0 Å². The van der Waals surface area contributed by atoms with Gasteiger partial charge in [0.2, 0.25) is 10.0 Å². The third-order valence-electron chi connectivity index (χ3n) is 5.08. The number of para-hydroxylation sites is 1. The van der Waals surface area contributed by atoms with Gasteiger partial charge in [0.25, 0.3) is 0 Å². The molecule has 0 saturated heterocycles. The predicted octanol–water partition coefficient (Wildman–Crippen LogP) is 4.32. The van der Waals surface area contributed by atoms with Gasteiger partial charge >= 0.3 is 0 Å². The number of nitrogens with zero attached hydrogens (tertiary/aromatic N) is 1. The Morgan fingerprint density at radius 1 is 1.10 bits per heavy atom. The number of sulfonamides is 1. The molecule has 3 aromatic rings. The van der Waals surface area contributed by atoms with Crippen LogP contribution in [0.15, 0.2) is 57.8 Å². The van der Waals surface area contributed by atoms with E-state index in [9.17, 15) is 8.42 Å². The van der Waals surface area contributed by atoms with E-state index in [0.717, 1.165) is 22.3 Å². The molecular formula is C22H28N2O4S. The van der Waals surface area contributed by atoms with Gasteiger partial charge in [0, 0.05) is 24.5 Å². The molecule has 1 atom stereocenters. The van der Waals surface area contributed by atoms with Crippen LogP contribution in [0.25, 0.3) is 11.0 Å². The minimum Gasteiger partial charge on any atom is -0.493 e. The van der Waals surface area contributed by atoms with E-state index >= 15 is 0 Å². The fourth-order valence-electron chi connectivity index (χ4n) is 3.35. The summed E-state index contributed by atoms with van der Waals surface area (Å²) < 4.78 is 37.9. The van der Waals surface area contributed by atoms with Gasteiger partial charge in [-0.2, -0.15) is 4.31 Å². The summed E-state index contributed by atoms with van der Waals surface area (Å²) in [6, 6.07) is 14.9. The van der Waals surface area contributed by atoms with E-state index in [0.29, 0.717) is 30.3 Å². The summed E-state index contributed by atoms with van der Waals surface area (Å²) in [7, 11) is -1.81. The van der Waals surface area contributed by atoms with Gasteiger partial charge in [-0.3, -0.25) is 0 Å². The van der Waals surface area contributed by atoms with Crippen LogP contribution in [0.1, 0.15) is 38.1 Å². The maximum Gasteiger partial charge on any atom is 0.243 e. The number of rotatable bonds is 9. The molecule has 1 unspecified atom stereocenters. The van der Waals surface area contributed by atoms with Crippen LogP contribution >= 0.6 is 0 Å². The molecule has 7 heteroatoms. The Hall–Kier alpha value is -2.35. The van der Waals surface area contributed by atoms with Gasteiger partial charge < -0.3 is 14.5 Å². The molecule has 0 aliphatic carbocycles. The summed E-state index contributed by atoms with van der Waals surface area (Å²) in [5.41, 5.74) is 1.75. The van der Waals surface area contributed by atoms with E-state index in [1.54, 1.807) is 19.2 Å². The highest BCUT2D eigenvalue weighted by Gasteiger charge is 2.21. The standard InChI is InChI=1S/C22H28N2O4S/c1-5-24(6-2)29(25,26)20-12-10-17(11-13-20)16(3)23-15-19-14-18-8-7-9-21(27-4)22(18)28-19/h7-14,16,23H,5-6,15H2,1-4H3. The number of methoxy groups -OCH3 is 1. The summed E-state index contributed by atoms with van der Waals surface area (Å²) >= 11 is 0. The zero-order chi connectivity index (χ0) is 21.0. The summed E-state index contributed by atoms with van der Waals surface area (Å²) in [5.74, 6) is 1.53. The monoisotopic (exact) mass is 416 g/mol. The van der Waals surface area contributed by atoms with Gasteiger partial charge in [-0.05, 0) is 36.8 Å². The highest BCUT2D eigenvalue weighted by atomic mass is 32.2. The maximum absolute atomic E-state index is 12.6. The molecule has 1 heterocycles. The number of nitrogens with one attached hydrogen (secondary N) is 1. The molecule has 29 heavy (non-hydrogen) atoms. The zero-order valence-corrected chi connectivity index (χ0v) is 18.1. The molecule has 1 N–H and O–H groups in total. The summed E-state index contributed by atoms with van der Waals surface area (Å²) in [4.78, 5) is 0.321. The van der Waals surface area contributed by atoms with Crippen molar-refractivity contribution in [1.82, 2.24) is 9.62 Å². The van der Waals surface area contributed by atoms with Gasteiger partial charge in [-0.1, -0.05) is 38.1 Å². The van der Waals surface area contributed by atoms with E-state index < -0.39 is 10.0 Å². The second kappa shape index (κ2) is 8.98. The highest BCUT2D eigenvalue weighted by molar-refractivity contribution is 7.89. The average molecular weight is 417 g/mol. The van der Waals surface area contributed by atoms with Crippen molar-refractivity contribution < 1.29 is 17.6 Å². The lowest BCUT2D eigenvalue weighted by atomic mass is 10.1. The van der Waals surface area contributed by atoms with Crippen molar-refractivity contribution in [1.29, 1.82) is 0 Å². The maximum atomic E-state index is 12.6. The third kappa shape index (κ3) is 4.47. The molecule has 1 aromatic heterocycles. The Morgan fingerprint density at radius 2 is 1.79 bits per heavy atom. The van der Waals surface area contributed by atoms with Crippen LogP contribution in [-0.2, 0) is 16.6 Å². The molecule has 156 valence electrons. The first-order valence-corrected chi connectivity index (χ1v) is 11.2. The summed E-state index contributed by atoms with van der Waals surface area (Å²) in [6.45, 7) is 7.20. The lowest BCUT2D eigenvalue weighted by molar-refractivity contribution is 0.405. The number of hydrogen-bond acceptors (Lipinski definition) is 5. The first-order chi connectivity index (χ1) is 13.9. The largest absolute Gasteiger partial charge is 0.493 e. The van der Waals surface area contributed by atoms with Crippen molar-refractivity contribution in [2.24, 2.45) is 0 Å². The van der Waals surface area contributed by atoms with Crippen LogP contribution < -0.4 is 10.1 Å². The van der Waals surface area contributed by atoms with Crippen LogP contribution in [0.2, 0.25) is 0 Å². The molecular weight excluding hydrogens is 388 g/mol. The normalized spacial score (nSPS) is 13.1. The first kappa shape index (κ1) is 21.4. The Labute approximate surface area is 172 Å². The summed E-state index contributed by atoms with van der Waals surface area (Å²) in [5, 5.41) is 4.42. The van der Waals surface area contributed by atoms with Crippen molar-refractivity contribution in [3.8, 4) is 5.75 Å². The third-order valence-corrected chi connectivity index (χ3v) is 7.15. The second-order valence-corrected chi connectivity index (χ2v) is 8.79. The van der Waals surface area contributed by atoms with E-state index in [1.807, 2.05) is 57.2 Å². The molecule has 0 radical (unpaired) electrons. The molecule has 0 fully saturated rings. The molecule has 0 saturated carbocycles. The number of hydrogen-bond donors (Lipinski definition) is 1. The van der Waals surface area contributed by atoms with E-state index in [2.05, 4.69) is 5.32 Å². The molecule has 0 bridgehead atoms. The predicted molar refractivity (Wildman–Crippen MR) is 115 cm³/mol. The molecule has 0 aliphatic rings. The zero-order valence-electron chi connectivity index (χ0n) is 17.3. The molecule has 3 rings (SSSR count). The van der Waals surface area contributed by atoms with E-state index in [1.165, 1.54) is 4.31 Å². The fourth-order valence-corrected chi connectivity index (χ4v) is 4.81. The Bertz CT molecular complexity index is 1050. The molecule has 2 aromatic carbocycles. The SMILES string of the molecule is CCN(CC)S(=O)(=O)c1ccc(C(C)NCc2cc3cccc(OC)c3o2)cc1. The lowest BCUT2D eigenvalue weighted by Crippen LogP contribution is -2.30. The highest BCUT2D eigenvalue weighted by Crippen LogP contribution is 2.28. The number of benzene rings is 2. The molecule has 0 aliphatic heterocycles. The fraction of sp³-hybridized carbons (Fsp3) is 0.364. The lowest BCUT2D eigenvalue weighted by Gasteiger charge is -2.19. The van der Waals surface area contributed by atoms with Gasteiger partial charge in [0.15, 0.2) is 11.3 Å². The molecule has 0 amide bonds. The van der Waals surface area contributed by atoms with Crippen LogP contribution in [0.4, 0.5) is 0 Å². The minimum absolute atomic E-state index is 0.0373. The van der Waals surface area contributed by atoms with E-state index in [4.69, 9.17) is 9.15 Å². The Balaban J connectivity index is 1.69. The van der Waals surface area contributed by atoms with Crippen molar-refractivity contribution in [3.05, 3.63) is 59.9 Å². The Morgan fingerprint density at radius 3 is 2.41 bits per heavy atom. The van der Waals surface area contributed by atoms with Gasteiger partial charge in [-0.25, -0.2) is 8.42 Å². The van der Waals surface area contributed by atoms with Crippen molar-refractivity contribution in [2.75, 3.05) is 20.2 Å². The number of fused-ring (bicyclic) bond motifs is 1. The number of ether oxygens (including phenoxy) is 1. The Kier molecular flexibility index (Phi) is 6.62. The van der Waals surface area contributed by atoms with Crippen molar-refractivity contribution >= 4 is 21.0 Å². The molecule has 0 spiro atoms.